The third-order valence-corrected chi connectivity index (χ3v) is 6.04. The molecular formula is C15H18BrFN2OS. The van der Waals surface area contributed by atoms with Crippen molar-refractivity contribution in [3.63, 3.8) is 0 Å². The summed E-state index contributed by atoms with van der Waals surface area (Å²) in [6, 6.07) is 5.00. The summed E-state index contributed by atoms with van der Waals surface area (Å²) in [7, 11) is 0. The third-order valence-electron chi connectivity index (χ3n) is 4.26. The fourth-order valence-corrected chi connectivity index (χ4v) is 5.05. The van der Waals surface area contributed by atoms with Gasteiger partial charge in [-0.05, 0) is 44.4 Å². The molecule has 21 heavy (non-hydrogen) atoms. The van der Waals surface area contributed by atoms with Gasteiger partial charge in [-0.3, -0.25) is 4.99 Å². The van der Waals surface area contributed by atoms with Gasteiger partial charge in [-0.1, -0.05) is 27.7 Å². The molecule has 0 aliphatic carbocycles. The summed E-state index contributed by atoms with van der Waals surface area (Å²) in [5, 5.41) is 0.546. The normalized spacial score (nSPS) is 28.4. The Bertz CT molecular complexity index is 589. The summed E-state index contributed by atoms with van der Waals surface area (Å²) in [6.45, 7) is 3.44. The Morgan fingerprint density at radius 2 is 2.10 bits per heavy atom. The van der Waals surface area contributed by atoms with E-state index < -0.39 is 5.54 Å². The van der Waals surface area contributed by atoms with Crippen LogP contribution in [-0.4, -0.2) is 23.1 Å². The molecule has 1 fully saturated rings. The van der Waals surface area contributed by atoms with Crippen LogP contribution in [0.4, 0.5) is 4.39 Å². The van der Waals surface area contributed by atoms with E-state index in [1.165, 1.54) is 6.07 Å². The highest BCUT2D eigenvalue weighted by molar-refractivity contribution is 9.10. The lowest BCUT2D eigenvalue weighted by Crippen LogP contribution is -2.45. The molecule has 3 rings (SSSR count). The van der Waals surface area contributed by atoms with E-state index in [1.54, 1.807) is 17.8 Å². The first-order valence-corrected chi connectivity index (χ1v) is 8.61. The second-order valence-electron chi connectivity index (χ2n) is 5.92. The number of nitrogens with zero attached hydrogens (tertiary/aromatic N) is 1. The predicted molar refractivity (Wildman–Crippen MR) is 88.1 cm³/mol. The molecule has 1 saturated heterocycles. The smallest absolute Gasteiger partial charge is 0.155 e. The van der Waals surface area contributed by atoms with Crippen molar-refractivity contribution in [2.75, 3.05) is 13.2 Å². The quantitative estimate of drug-likeness (QED) is 0.815. The average molecular weight is 373 g/mol. The summed E-state index contributed by atoms with van der Waals surface area (Å²) >= 11 is 5.05. The highest BCUT2D eigenvalue weighted by Crippen LogP contribution is 2.50. The van der Waals surface area contributed by atoms with Gasteiger partial charge in [0.2, 0.25) is 0 Å². The van der Waals surface area contributed by atoms with Gasteiger partial charge in [0.1, 0.15) is 5.82 Å². The van der Waals surface area contributed by atoms with E-state index in [-0.39, 0.29) is 10.6 Å². The number of hydrogen-bond donors (Lipinski definition) is 1. The molecule has 2 aliphatic heterocycles. The monoisotopic (exact) mass is 372 g/mol. The zero-order valence-electron chi connectivity index (χ0n) is 11.9. The van der Waals surface area contributed by atoms with Crippen molar-refractivity contribution in [1.82, 2.24) is 0 Å². The van der Waals surface area contributed by atoms with Crippen LogP contribution in [0.5, 0.6) is 0 Å². The van der Waals surface area contributed by atoms with Gasteiger partial charge in [0.15, 0.2) is 5.17 Å². The first-order valence-electron chi connectivity index (χ1n) is 7.00. The maximum absolute atomic E-state index is 14.3. The number of halogens is 2. The van der Waals surface area contributed by atoms with Crippen LogP contribution in [0, 0.1) is 5.82 Å². The average Bonchev–Trinajstić information content (AvgIpc) is 2.41. The molecule has 2 N–H and O–H groups in total. The van der Waals surface area contributed by atoms with Crippen LogP contribution in [0.25, 0.3) is 0 Å². The Hall–Kier alpha value is -0.590. The Labute approximate surface area is 136 Å². The van der Waals surface area contributed by atoms with E-state index in [1.807, 2.05) is 13.0 Å². The van der Waals surface area contributed by atoms with Crippen molar-refractivity contribution in [2.45, 2.75) is 36.5 Å². The minimum atomic E-state index is -0.624. The number of ether oxygens (including phenoxy) is 1. The van der Waals surface area contributed by atoms with Crippen LogP contribution in [0.1, 0.15) is 31.7 Å². The third kappa shape index (κ3) is 2.98. The summed E-state index contributed by atoms with van der Waals surface area (Å²) in [5.41, 5.74) is 6.06. The van der Waals surface area contributed by atoms with Gasteiger partial charge in [-0.2, -0.15) is 0 Å². The second-order valence-corrected chi connectivity index (χ2v) is 8.33. The minimum Gasteiger partial charge on any atom is -0.381 e. The molecule has 1 aromatic rings. The number of nitrogens with two attached hydrogens (primary N) is 1. The SMILES string of the molecule is C[C@]1(c2cc(Br)ccc2F)CC2(CCOCC2)SC(N)=N1. The number of rotatable bonds is 1. The van der Waals surface area contributed by atoms with Gasteiger partial charge in [0.05, 0.1) is 5.54 Å². The molecule has 1 aromatic carbocycles. The molecule has 0 unspecified atom stereocenters. The topological polar surface area (TPSA) is 47.6 Å². The van der Waals surface area contributed by atoms with Crippen molar-refractivity contribution in [3.05, 3.63) is 34.1 Å². The largest absolute Gasteiger partial charge is 0.381 e. The van der Waals surface area contributed by atoms with E-state index in [4.69, 9.17) is 10.5 Å². The van der Waals surface area contributed by atoms with Gasteiger partial charge >= 0.3 is 0 Å². The van der Waals surface area contributed by atoms with Gasteiger partial charge in [-0.25, -0.2) is 4.39 Å². The highest BCUT2D eigenvalue weighted by atomic mass is 79.9. The van der Waals surface area contributed by atoms with Crippen molar-refractivity contribution >= 4 is 32.9 Å². The molecular weight excluding hydrogens is 355 g/mol. The summed E-state index contributed by atoms with van der Waals surface area (Å²) < 4.78 is 20.7. The Morgan fingerprint density at radius 1 is 1.38 bits per heavy atom. The van der Waals surface area contributed by atoms with Gasteiger partial charge < -0.3 is 10.5 Å². The number of amidine groups is 1. The van der Waals surface area contributed by atoms with Crippen molar-refractivity contribution < 1.29 is 9.13 Å². The number of aliphatic imine (C=N–C) groups is 1. The molecule has 3 nitrogen and oxygen atoms in total. The molecule has 0 saturated carbocycles. The summed E-state index contributed by atoms with van der Waals surface area (Å²) in [5.74, 6) is -0.230. The number of hydrogen-bond acceptors (Lipinski definition) is 4. The van der Waals surface area contributed by atoms with E-state index >= 15 is 0 Å². The van der Waals surface area contributed by atoms with Crippen LogP contribution in [0.3, 0.4) is 0 Å². The second kappa shape index (κ2) is 5.56. The zero-order valence-corrected chi connectivity index (χ0v) is 14.3. The number of benzene rings is 1. The van der Waals surface area contributed by atoms with Crippen LogP contribution in [0.15, 0.2) is 27.7 Å². The molecule has 1 atom stereocenters. The minimum absolute atomic E-state index is 0.00753. The molecule has 0 aromatic heterocycles. The molecule has 0 amide bonds. The van der Waals surface area contributed by atoms with Gasteiger partial charge in [0.25, 0.3) is 0 Å². The molecule has 0 radical (unpaired) electrons. The summed E-state index contributed by atoms with van der Waals surface area (Å²) in [6.07, 6.45) is 2.64. The van der Waals surface area contributed by atoms with Gasteiger partial charge in [0, 0.05) is 28.0 Å². The van der Waals surface area contributed by atoms with E-state index in [2.05, 4.69) is 20.9 Å². The van der Waals surface area contributed by atoms with Crippen LogP contribution in [0.2, 0.25) is 0 Å². The summed E-state index contributed by atoms with van der Waals surface area (Å²) in [4.78, 5) is 4.59. The molecule has 6 heteroatoms. The maximum Gasteiger partial charge on any atom is 0.155 e. The highest BCUT2D eigenvalue weighted by Gasteiger charge is 2.46. The van der Waals surface area contributed by atoms with Crippen molar-refractivity contribution in [1.29, 1.82) is 0 Å². The van der Waals surface area contributed by atoms with E-state index in [0.717, 1.165) is 36.9 Å². The Kier molecular flexibility index (Phi) is 4.05. The molecule has 2 heterocycles. The fraction of sp³-hybridized carbons (Fsp3) is 0.533. The first kappa shape index (κ1) is 15.3. The lowest BCUT2D eigenvalue weighted by atomic mass is 9.79. The van der Waals surface area contributed by atoms with Crippen LogP contribution in [-0.2, 0) is 10.3 Å². The van der Waals surface area contributed by atoms with Crippen molar-refractivity contribution in [3.8, 4) is 0 Å². The standard InChI is InChI=1S/C15H18BrFN2OS/c1-14(11-8-10(16)2-3-12(11)17)9-15(21-13(18)19-14)4-6-20-7-5-15/h2-3,8H,4-7,9H2,1H3,(H2,18,19)/t14-/m1/s1. The predicted octanol–water partition coefficient (Wildman–Crippen LogP) is 3.80. The van der Waals surface area contributed by atoms with E-state index in [9.17, 15) is 4.39 Å². The van der Waals surface area contributed by atoms with Gasteiger partial charge in [-0.15, -0.1) is 0 Å². The Morgan fingerprint density at radius 3 is 2.81 bits per heavy atom. The molecule has 0 bridgehead atoms. The molecule has 2 aliphatic rings. The fourth-order valence-electron chi connectivity index (χ4n) is 3.28. The maximum atomic E-state index is 14.3. The van der Waals surface area contributed by atoms with Crippen LogP contribution >= 0.6 is 27.7 Å². The van der Waals surface area contributed by atoms with Crippen LogP contribution < -0.4 is 5.73 Å². The first-order chi connectivity index (χ1) is 9.92. The zero-order chi connectivity index (χ0) is 15.1. The number of thioether (sulfide) groups is 1. The lowest BCUT2D eigenvalue weighted by molar-refractivity contribution is 0.0690. The van der Waals surface area contributed by atoms with E-state index in [0.29, 0.717) is 10.7 Å². The lowest BCUT2D eigenvalue weighted by Gasteiger charge is -2.45. The Balaban J connectivity index is 2.03. The van der Waals surface area contributed by atoms with Crippen molar-refractivity contribution in [2.24, 2.45) is 10.7 Å². The molecule has 114 valence electrons. The molecule has 1 spiro atoms.